The fourth-order valence-corrected chi connectivity index (χ4v) is 3.30. The van der Waals surface area contributed by atoms with Gasteiger partial charge in [0, 0.05) is 30.2 Å². The van der Waals surface area contributed by atoms with Gasteiger partial charge in [-0.1, -0.05) is 36.4 Å². The predicted molar refractivity (Wildman–Crippen MR) is 84.7 cm³/mol. The monoisotopic (exact) mass is 276 g/mol. The van der Waals surface area contributed by atoms with Crippen LogP contribution in [0.1, 0.15) is 16.1 Å². The molecule has 21 heavy (non-hydrogen) atoms. The molecular formula is C18H16N2O. The zero-order chi connectivity index (χ0) is 14.4. The minimum absolute atomic E-state index is 0.0983. The second kappa shape index (κ2) is 4.48. The summed E-state index contributed by atoms with van der Waals surface area (Å²) in [4.78, 5) is 14.8. The molecular weight excluding hydrogens is 260 g/mol. The van der Waals surface area contributed by atoms with E-state index >= 15 is 0 Å². The highest BCUT2D eigenvalue weighted by molar-refractivity contribution is 6.11. The normalized spacial score (nSPS) is 14.5. The number of rotatable bonds is 1. The van der Waals surface area contributed by atoms with E-state index in [0.717, 1.165) is 29.9 Å². The molecule has 3 nitrogen and oxygen atoms in total. The second-order valence-electron chi connectivity index (χ2n) is 5.45. The molecule has 0 atom stereocenters. The number of carbonyl (C=O) groups is 1. The third-order valence-corrected chi connectivity index (χ3v) is 4.31. The van der Waals surface area contributed by atoms with Gasteiger partial charge in [-0.3, -0.25) is 4.79 Å². The van der Waals surface area contributed by atoms with Crippen LogP contribution in [0.2, 0.25) is 0 Å². The Labute approximate surface area is 123 Å². The molecule has 2 heterocycles. The minimum Gasteiger partial charge on any atom is -0.339 e. The molecule has 0 fully saturated rings. The fraction of sp³-hybridized carbons (Fsp3) is 0.167. The highest BCUT2D eigenvalue weighted by Gasteiger charge is 2.30. The summed E-state index contributed by atoms with van der Waals surface area (Å²) >= 11 is 0. The lowest BCUT2D eigenvalue weighted by molar-refractivity contribution is 0.0973. The summed E-state index contributed by atoms with van der Waals surface area (Å²) in [6.45, 7) is 0.740. The zero-order valence-electron chi connectivity index (χ0n) is 11.9. The first-order chi connectivity index (χ1) is 10.3. The molecule has 0 radical (unpaired) electrons. The van der Waals surface area contributed by atoms with Crippen LogP contribution >= 0.6 is 0 Å². The molecule has 0 aliphatic carbocycles. The molecule has 2 aromatic carbocycles. The van der Waals surface area contributed by atoms with Crippen LogP contribution in [0, 0.1) is 0 Å². The van der Waals surface area contributed by atoms with Gasteiger partial charge >= 0.3 is 0 Å². The molecule has 3 aromatic rings. The molecule has 0 N–H and O–H groups in total. The first-order valence-corrected chi connectivity index (χ1v) is 7.20. The van der Waals surface area contributed by atoms with Gasteiger partial charge in [-0.25, -0.2) is 0 Å². The average molecular weight is 276 g/mol. The van der Waals surface area contributed by atoms with E-state index in [1.807, 2.05) is 59.0 Å². The van der Waals surface area contributed by atoms with E-state index in [1.165, 1.54) is 10.9 Å². The SMILES string of the molecule is Cn1c2c(c3ccccc31)CCN(c1ccccc1)C2=O. The van der Waals surface area contributed by atoms with Gasteiger partial charge in [0.25, 0.3) is 5.91 Å². The predicted octanol–water partition coefficient (Wildman–Crippen LogP) is 3.38. The number of aryl methyl sites for hydroxylation is 1. The summed E-state index contributed by atoms with van der Waals surface area (Å²) in [5, 5.41) is 1.20. The minimum atomic E-state index is 0.0983. The molecule has 104 valence electrons. The van der Waals surface area contributed by atoms with E-state index in [-0.39, 0.29) is 5.91 Å². The number of aromatic nitrogens is 1. The smallest absolute Gasteiger partial charge is 0.275 e. The van der Waals surface area contributed by atoms with Crippen molar-refractivity contribution in [2.45, 2.75) is 6.42 Å². The van der Waals surface area contributed by atoms with Crippen molar-refractivity contribution in [3.05, 3.63) is 65.9 Å². The van der Waals surface area contributed by atoms with Crippen molar-refractivity contribution in [2.75, 3.05) is 11.4 Å². The Bertz CT molecular complexity index is 833. The summed E-state index contributed by atoms with van der Waals surface area (Å²) in [6, 6.07) is 18.1. The Morgan fingerprint density at radius 2 is 1.67 bits per heavy atom. The third-order valence-electron chi connectivity index (χ3n) is 4.31. The summed E-state index contributed by atoms with van der Waals surface area (Å²) in [6.07, 6.45) is 0.900. The maximum absolute atomic E-state index is 12.9. The van der Waals surface area contributed by atoms with Crippen molar-refractivity contribution < 1.29 is 4.79 Å². The highest BCUT2D eigenvalue weighted by atomic mass is 16.2. The van der Waals surface area contributed by atoms with Crippen molar-refractivity contribution in [3.8, 4) is 0 Å². The van der Waals surface area contributed by atoms with Gasteiger partial charge in [-0.2, -0.15) is 0 Å². The first-order valence-electron chi connectivity index (χ1n) is 7.20. The van der Waals surface area contributed by atoms with Crippen molar-refractivity contribution in [2.24, 2.45) is 7.05 Å². The van der Waals surface area contributed by atoms with Crippen LogP contribution in [-0.2, 0) is 13.5 Å². The molecule has 1 aliphatic heterocycles. The van der Waals surface area contributed by atoms with Crippen molar-refractivity contribution in [3.63, 3.8) is 0 Å². The molecule has 0 saturated heterocycles. The van der Waals surface area contributed by atoms with Crippen LogP contribution in [0.5, 0.6) is 0 Å². The van der Waals surface area contributed by atoms with Crippen LogP contribution in [-0.4, -0.2) is 17.0 Å². The maximum Gasteiger partial charge on any atom is 0.275 e. The van der Waals surface area contributed by atoms with Gasteiger partial charge in [0.1, 0.15) is 5.69 Å². The van der Waals surface area contributed by atoms with Gasteiger partial charge in [0.15, 0.2) is 0 Å². The van der Waals surface area contributed by atoms with Gasteiger partial charge < -0.3 is 9.47 Å². The summed E-state index contributed by atoms with van der Waals surface area (Å²) in [5.41, 5.74) is 4.11. The number of carbonyl (C=O) groups excluding carboxylic acids is 1. The Morgan fingerprint density at radius 1 is 0.952 bits per heavy atom. The van der Waals surface area contributed by atoms with Gasteiger partial charge in [-0.05, 0) is 30.2 Å². The number of para-hydroxylation sites is 2. The number of nitrogens with zero attached hydrogens (tertiary/aromatic N) is 2. The molecule has 1 aliphatic rings. The molecule has 1 amide bonds. The Morgan fingerprint density at radius 3 is 2.48 bits per heavy atom. The third kappa shape index (κ3) is 1.70. The van der Waals surface area contributed by atoms with E-state index in [1.54, 1.807) is 0 Å². The summed E-state index contributed by atoms with van der Waals surface area (Å²) in [7, 11) is 1.98. The summed E-state index contributed by atoms with van der Waals surface area (Å²) in [5.74, 6) is 0.0983. The highest BCUT2D eigenvalue weighted by Crippen LogP contribution is 2.31. The van der Waals surface area contributed by atoms with Crippen LogP contribution in [0.25, 0.3) is 10.9 Å². The number of hydrogen-bond acceptors (Lipinski definition) is 1. The van der Waals surface area contributed by atoms with Crippen molar-refractivity contribution >= 4 is 22.5 Å². The standard InChI is InChI=1S/C18H16N2O/c1-19-16-10-6-5-9-14(16)15-11-12-20(18(21)17(15)19)13-7-3-2-4-8-13/h2-10H,11-12H2,1H3. The van der Waals surface area contributed by atoms with E-state index in [4.69, 9.17) is 0 Å². The van der Waals surface area contributed by atoms with Crippen molar-refractivity contribution in [1.29, 1.82) is 0 Å². The topological polar surface area (TPSA) is 25.2 Å². The molecule has 3 heteroatoms. The molecule has 0 spiro atoms. The maximum atomic E-state index is 12.9. The van der Waals surface area contributed by atoms with Gasteiger partial charge in [0.2, 0.25) is 0 Å². The van der Waals surface area contributed by atoms with Crippen molar-refractivity contribution in [1.82, 2.24) is 4.57 Å². The van der Waals surface area contributed by atoms with E-state index in [9.17, 15) is 4.79 Å². The molecule has 1 aromatic heterocycles. The molecule has 0 bridgehead atoms. The number of anilines is 1. The Hall–Kier alpha value is -2.55. The first kappa shape index (κ1) is 12.2. The number of hydrogen-bond donors (Lipinski definition) is 0. The lowest BCUT2D eigenvalue weighted by atomic mass is 10.0. The average Bonchev–Trinajstić information content (AvgIpc) is 2.83. The Kier molecular flexibility index (Phi) is 2.61. The fourth-order valence-electron chi connectivity index (χ4n) is 3.30. The largest absolute Gasteiger partial charge is 0.339 e. The molecule has 0 saturated carbocycles. The second-order valence-corrected chi connectivity index (χ2v) is 5.45. The van der Waals surface area contributed by atoms with Gasteiger partial charge in [-0.15, -0.1) is 0 Å². The van der Waals surface area contributed by atoms with Crippen LogP contribution in [0.15, 0.2) is 54.6 Å². The van der Waals surface area contributed by atoms with E-state index < -0.39 is 0 Å². The van der Waals surface area contributed by atoms with Crippen LogP contribution < -0.4 is 4.90 Å². The van der Waals surface area contributed by atoms with Crippen LogP contribution in [0.4, 0.5) is 5.69 Å². The zero-order valence-corrected chi connectivity index (χ0v) is 11.9. The number of benzene rings is 2. The van der Waals surface area contributed by atoms with Gasteiger partial charge in [0.05, 0.1) is 0 Å². The lowest BCUT2D eigenvalue weighted by Crippen LogP contribution is -2.38. The number of amides is 1. The van der Waals surface area contributed by atoms with Crippen LogP contribution in [0.3, 0.4) is 0 Å². The molecule has 0 unspecified atom stereocenters. The quantitative estimate of drug-likeness (QED) is 0.669. The Balaban J connectivity index is 1.89. The summed E-state index contributed by atoms with van der Waals surface area (Å²) < 4.78 is 2.03. The lowest BCUT2D eigenvalue weighted by Gasteiger charge is -2.27. The number of fused-ring (bicyclic) bond motifs is 3. The van der Waals surface area contributed by atoms with E-state index in [0.29, 0.717) is 0 Å². The van der Waals surface area contributed by atoms with E-state index in [2.05, 4.69) is 12.1 Å². The molecule has 4 rings (SSSR count).